The summed E-state index contributed by atoms with van der Waals surface area (Å²) in [7, 11) is 1.58. The second-order valence-electron chi connectivity index (χ2n) is 8.27. The van der Waals surface area contributed by atoms with Crippen molar-refractivity contribution in [2.24, 2.45) is 0 Å². The van der Waals surface area contributed by atoms with E-state index in [1.807, 2.05) is 36.4 Å². The number of hydrogen-bond donors (Lipinski definition) is 1. The van der Waals surface area contributed by atoms with Gasteiger partial charge in [0.25, 0.3) is 5.78 Å². The maximum Gasteiger partial charge on any atom is 0.301 e. The first-order valence-electron chi connectivity index (χ1n) is 11.3. The Hall–Kier alpha value is -4.37. The normalized spacial score (nSPS) is 18.6. The number of anilines is 1. The number of amides is 1. The number of carbonyl (C=O) groups excluding carboxylic acids is 2. The number of hydrogen-bond acceptors (Lipinski definition) is 8. The zero-order chi connectivity index (χ0) is 24.8. The molecule has 36 heavy (non-hydrogen) atoms. The van der Waals surface area contributed by atoms with Crippen molar-refractivity contribution in [3.63, 3.8) is 0 Å². The standard InChI is InChI=1S/C27H20N2O6S/c1-33-17-8-9-18-21(14-17)36-27(28-18)29-23(15-5-3-2-4-6-15)22(25(31)26(29)32)24(30)16-7-10-19-20(13-16)35-12-11-34-19/h2-10,13-14,23,30H,11-12H2,1H3/b24-22+/t23-/m0/s1. The van der Waals surface area contributed by atoms with Crippen LogP contribution in [-0.2, 0) is 9.59 Å². The molecule has 0 saturated carbocycles. The number of carbonyl (C=O) groups is 2. The van der Waals surface area contributed by atoms with Crippen LogP contribution in [0.1, 0.15) is 17.2 Å². The van der Waals surface area contributed by atoms with Crippen LogP contribution in [0.15, 0.2) is 72.3 Å². The topological polar surface area (TPSA) is 98.2 Å². The van der Waals surface area contributed by atoms with Gasteiger partial charge in [-0.25, -0.2) is 4.98 Å². The van der Waals surface area contributed by atoms with E-state index in [4.69, 9.17) is 14.2 Å². The zero-order valence-corrected chi connectivity index (χ0v) is 20.0. The molecule has 180 valence electrons. The number of aliphatic hydroxyl groups excluding tert-OH is 1. The van der Waals surface area contributed by atoms with Crippen molar-refractivity contribution in [1.82, 2.24) is 4.98 Å². The van der Waals surface area contributed by atoms with Crippen molar-refractivity contribution in [3.8, 4) is 17.2 Å². The molecule has 1 fully saturated rings. The Morgan fingerprint density at radius 1 is 1.03 bits per heavy atom. The molecule has 3 heterocycles. The van der Waals surface area contributed by atoms with E-state index in [0.29, 0.717) is 52.2 Å². The maximum absolute atomic E-state index is 13.4. The predicted molar refractivity (Wildman–Crippen MR) is 135 cm³/mol. The molecule has 1 aromatic heterocycles. The van der Waals surface area contributed by atoms with Crippen molar-refractivity contribution in [2.75, 3.05) is 25.2 Å². The van der Waals surface area contributed by atoms with Gasteiger partial charge in [0.1, 0.15) is 24.7 Å². The molecule has 2 aliphatic rings. The van der Waals surface area contributed by atoms with E-state index in [-0.39, 0.29) is 11.3 Å². The summed E-state index contributed by atoms with van der Waals surface area (Å²) in [6, 6.07) is 18.6. The third-order valence-corrected chi connectivity index (χ3v) is 7.18. The summed E-state index contributed by atoms with van der Waals surface area (Å²) in [5.41, 5.74) is 1.69. The molecule has 1 N–H and O–H groups in total. The van der Waals surface area contributed by atoms with Gasteiger partial charge >= 0.3 is 5.91 Å². The fourth-order valence-corrected chi connectivity index (χ4v) is 5.47. The van der Waals surface area contributed by atoms with E-state index < -0.39 is 17.7 Å². The van der Waals surface area contributed by atoms with E-state index in [0.717, 1.165) is 4.70 Å². The molecule has 0 aliphatic carbocycles. The predicted octanol–water partition coefficient (Wildman–Crippen LogP) is 4.70. The minimum absolute atomic E-state index is 0.0142. The molecule has 4 aromatic rings. The molecule has 0 bridgehead atoms. The first kappa shape index (κ1) is 22.1. The molecular formula is C27H20N2O6S. The lowest BCUT2D eigenvalue weighted by Gasteiger charge is -2.23. The highest BCUT2D eigenvalue weighted by molar-refractivity contribution is 7.22. The summed E-state index contributed by atoms with van der Waals surface area (Å²) >= 11 is 1.28. The molecule has 0 radical (unpaired) electrons. The van der Waals surface area contributed by atoms with E-state index >= 15 is 0 Å². The summed E-state index contributed by atoms with van der Waals surface area (Å²) in [5.74, 6) is -0.136. The lowest BCUT2D eigenvalue weighted by molar-refractivity contribution is -0.132. The highest BCUT2D eigenvalue weighted by Gasteiger charge is 2.48. The van der Waals surface area contributed by atoms with Crippen molar-refractivity contribution in [2.45, 2.75) is 6.04 Å². The minimum Gasteiger partial charge on any atom is -0.507 e. The summed E-state index contributed by atoms with van der Waals surface area (Å²) in [6.07, 6.45) is 0. The smallest absolute Gasteiger partial charge is 0.301 e. The number of methoxy groups -OCH3 is 1. The van der Waals surface area contributed by atoms with Crippen molar-refractivity contribution in [1.29, 1.82) is 0 Å². The number of aromatic nitrogens is 1. The number of Topliss-reactive ketones (excluding diaryl/α,β-unsaturated/α-hetero) is 1. The molecular weight excluding hydrogens is 480 g/mol. The number of nitrogens with zero attached hydrogens (tertiary/aromatic N) is 2. The largest absolute Gasteiger partial charge is 0.507 e. The number of aliphatic hydroxyl groups is 1. The quantitative estimate of drug-likeness (QED) is 0.246. The number of ketones is 1. The lowest BCUT2D eigenvalue weighted by Crippen LogP contribution is -2.29. The van der Waals surface area contributed by atoms with Gasteiger partial charge in [-0.3, -0.25) is 14.5 Å². The highest BCUT2D eigenvalue weighted by atomic mass is 32.1. The van der Waals surface area contributed by atoms with Crippen molar-refractivity contribution in [3.05, 3.63) is 83.4 Å². The molecule has 0 spiro atoms. The van der Waals surface area contributed by atoms with Gasteiger partial charge < -0.3 is 19.3 Å². The van der Waals surface area contributed by atoms with Gasteiger partial charge in [-0.1, -0.05) is 41.7 Å². The summed E-state index contributed by atoms with van der Waals surface area (Å²) in [4.78, 5) is 32.8. The van der Waals surface area contributed by atoms with Gasteiger partial charge in [0.2, 0.25) is 0 Å². The van der Waals surface area contributed by atoms with Crippen LogP contribution < -0.4 is 19.1 Å². The van der Waals surface area contributed by atoms with Crippen LogP contribution in [0, 0.1) is 0 Å². The molecule has 1 amide bonds. The van der Waals surface area contributed by atoms with E-state index in [9.17, 15) is 14.7 Å². The Bertz CT molecular complexity index is 1540. The lowest BCUT2D eigenvalue weighted by atomic mass is 9.95. The number of benzene rings is 3. The first-order chi connectivity index (χ1) is 17.5. The van der Waals surface area contributed by atoms with Gasteiger partial charge in [0, 0.05) is 5.56 Å². The maximum atomic E-state index is 13.4. The fraction of sp³-hybridized carbons (Fsp3) is 0.148. The Morgan fingerprint density at radius 2 is 1.81 bits per heavy atom. The second-order valence-corrected chi connectivity index (χ2v) is 9.28. The van der Waals surface area contributed by atoms with Gasteiger partial charge in [0.15, 0.2) is 16.6 Å². The first-order valence-corrected chi connectivity index (χ1v) is 12.1. The zero-order valence-electron chi connectivity index (χ0n) is 19.1. The highest BCUT2D eigenvalue weighted by Crippen LogP contribution is 2.45. The summed E-state index contributed by atoms with van der Waals surface area (Å²) < 4.78 is 17.3. The van der Waals surface area contributed by atoms with E-state index in [1.54, 1.807) is 37.4 Å². The third kappa shape index (κ3) is 3.56. The summed E-state index contributed by atoms with van der Waals surface area (Å²) in [5, 5.41) is 11.7. The molecule has 2 aliphatic heterocycles. The molecule has 1 saturated heterocycles. The average molecular weight is 501 g/mol. The van der Waals surface area contributed by atoms with E-state index in [1.165, 1.54) is 16.2 Å². The molecule has 8 nitrogen and oxygen atoms in total. The number of ether oxygens (including phenoxy) is 3. The number of rotatable bonds is 4. The van der Waals surface area contributed by atoms with Crippen LogP contribution in [0.4, 0.5) is 5.13 Å². The van der Waals surface area contributed by atoms with Gasteiger partial charge in [-0.15, -0.1) is 0 Å². The Morgan fingerprint density at radius 3 is 2.58 bits per heavy atom. The molecule has 1 atom stereocenters. The van der Waals surface area contributed by atoms with Crippen molar-refractivity contribution >= 4 is 44.1 Å². The third-order valence-electron chi connectivity index (χ3n) is 6.17. The van der Waals surface area contributed by atoms with Gasteiger partial charge in [-0.2, -0.15) is 0 Å². The number of thiazole rings is 1. The van der Waals surface area contributed by atoms with Gasteiger partial charge in [-0.05, 0) is 42.0 Å². The van der Waals surface area contributed by atoms with Crippen LogP contribution in [0.2, 0.25) is 0 Å². The minimum atomic E-state index is -0.859. The Labute approximate surface area is 210 Å². The molecule has 9 heteroatoms. The molecule has 6 rings (SSSR count). The SMILES string of the molecule is COc1ccc2nc(N3C(=O)C(=O)/C(=C(/O)c4ccc5c(c4)OCCO5)[C@@H]3c3ccccc3)sc2c1. The molecule has 0 unspecified atom stereocenters. The average Bonchev–Trinajstić information content (AvgIpc) is 3.46. The number of fused-ring (bicyclic) bond motifs is 2. The van der Waals surface area contributed by atoms with Crippen LogP contribution in [0.5, 0.6) is 17.2 Å². The van der Waals surface area contributed by atoms with Crippen LogP contribution in [0.3, 0.4) is 0 Å². The second kappa shape index (κ2) is 8.69. The Balaban J connectivity index is 1.52. The summed E-state index contributed by atoms with van der Waals surface area (Å²) in [6.45, 7) is 0.819. The van der Waals surface area contributed by atoms with Crippen LogP contribution in [0.25, 0.3) is 16.0 Å². The van der Waals surface area contributed by atoms with Gasteiger partial charge in [0.05, 0.1) is 28.9 Å². The molecule has 3 aromatic carbocycles. The van der Waals surface area contributed by atoms with Crippen LogP contribution in [-0.4, -0.2) is 42.1 Å². The Kier molecular flexibility index (Phi) is 5.34. The van der Waals surface area contributed by atoms with Crippen LogP contribution >= 0.6 is 11.3 Å². The fourth-order valence-electron chi connectivity index (χ4n) is 4.45. The monoisotopic (exact) mass is 500 g/mol. The van der Waals surface area contributed by atoms with E-state index in [2.05, 4.69) is 4.98 Å². The van der Waals surface area contributed by atoms with Crippen molar-refractivity contribution < 1.29 is 28.9 Å².